The van der Waals surface area contributed by atoms with Crippen LogP contribution < -0.4 is 5.32 Å². The smallest absolute Gasteiger partial charge is 0.0791 e. The van der Waals surface area contributed by atoms with Crippen LogP contribution in [0.15, 0.2) is 0 Å². The van der Waals surface area contributed by atoms with Gasteiger partial charge in [0.05, 0.1) is 12.7 Å². The van der Waals surface area contributed by atoms with Gasteiger partial charge in [-0.1, -0.05) is 6.42 Å². The summed E-state index contributed by atoms with van der Waals surface area (Å²) < 4.78 is 4.97. The van der Waals surface area contributed by atoms with Crippen molar-refractivity contribution in [2.75, 3.05) is 59.5 Å². The van der Waals surface area contributed by atoms with E-state index in [-0.39, 0.29) is 6.10 Å². The third kappa shape index (κ3) is 5.00. The van der Waals surface area contributed by atoms with E-state index in [9.17, 15) is 5.11 Å². The van der Waals surface area contributed by atoms with Crippen LogP contribution in [0.4, 0.5) is 0 Å². The number of piperazine rings is 1. The maximum absolute atomic E-state index is 10.0. The number of rotatable bonds is 7. The lowest BCUT2D eigenvalue weighted by Gasteiger charge is -2.44. The first kappa shape index (κ1) is 15.2. The van der Waals surface area contributed by atoms with E-state index in [1.165, 1.54) is 32.4 Å². The lowest BCUT2D eigenvalue weighted by molar-refractivity contribution is 0.0237. The number of fused-ring (bicyclic) bond motifs is 1. The minimum absolute atomic E-state index is 0.271. The summed E-state index contributed by atoms with van der Waals surface area (Å²) in [7, 11) is 1.70. The molecule has 5 nitrogen and oxygen atoms in total. The van der Waals surface area contributed by atoms with Crippen LogP contribution in [0, 0.1) is 0 Å². The lowest BCUT2D eigenvalue weighted by Crippen LogP contribution is -2.56. The maximum atomic E-state index is 10.0. The number of methoxy groups -OCH3 is 1. The van der Waals surface area contributed by atoms with Crippen molar-refractivity contribution < 1.29 is 9.84 Å². The highest BCUT2D eigenvalue weighted by Gasteiger charge is 2.29. The van der Waals surface area contributed by atoms with Crippen molar-refractivity contribution in [3.63, 3.8) is 0 Å². The number of hydrogen-bond donors (Lipinski definition) is 2. The summed E-state index contributed by atoms with van der Waals surface area (Å²) in [4.78, 5) is 5.05. The molecule has 112 valence electrons. The highest BCUT2D eigenvalue weighted by atomic mass is 16.5. The number of aliphatic hydroxyl groups excluding tert-OH is 1. The van der Waals surface area contributed by atoms with Crippen LogP contribution >= 0.6 is 0 Å². The molecule has 2 unspecified atom stereocenters. The molecule has 0 aromatic rings. The fourth-order valence-corrected chi connectivity index (χ4v) is 3.19. The standard InChI is InChI=1S/C14H29N3O2/c1-19-9-5-15-10-14(18)12-16-7-8-17-6-3-2-4-13(17)11-16/h13-15,18H,2-12H2,1H3. The van der Waals surface area contributed by atoms with Gasteiger partial charge in [0, 0.05) is 52.4 Å². The van der Waals surface area contributed by atoms with Crippen LogP contribution in [0.25, 0.3) is 0 Å². The average molecular weight is 271 g/mol. The van der Waals surface area contributed by atoms with Crippen molar-refractivity contribution in [3.8, 4) is 0 Å². The molecule has 0 aromatic heterocycles. The van der Waals surface area contributed by atoms with Crippen LogP contribution in [0.3, 0.4) is 0 Å². The van der Waals surface area contributed by atoms with Gasteiger partial charge in [-0.2, -0.15) is 0 Å². The minimum atomic E-state index is -0.271. The van der Waals surface area contributed by atoms with Crippen molar-refractivity contribution in [2.24, 2.45) is 0 Å². The molecule has 2 atom stereocenters. The molecule has 0 radical (unpaired) electrons. The number of hydrogen-bond acceptors (Lipinski definition) is 5. The summed E-state index contributed by atoms with van der Waals surface area (Å²) in [5.74, 6) is 0. The summed E-state index contributed by atoms with van der Waals surface area (Å²) in [6, 6.07) is 0.733. The topological polar surface area (TPSA) is 48.0 Å². The molecule has 2 rings (SSSR count). The molecule has 0 spiro atoms. The predicted molar refractivity (Wildman–Crippen MR) is 76.4 cm³/mol. The highest BCUT2D eigenvalue weighted by molar-refractivity contribution is 4.85. The number of piperidine rings is 1. The van der Waals surface area contributed by atoms with Gasteiger partial charge in [-0.05, 0) is 19.4 Å². The minimum Gasteiger partial charge on any atom is -0.390 e. The van der Waals surface area contributed by atoms with E-state index < -0.39 is 0 Å². The van der Waals surface area contributed by atoms with E-state index in [1.54, 1.807) is 7.11 Å². The summed E-state index contributed by atoms with van der Waals surface area (Å²) in [5, 5.41) is 13.3. The molecule has 5 heteroatoms. The zero-order valence-electron chi connectivity index (χ0n) is 12.2. The first-order valence-electron chi connectivity index (χ1n) is 7.63. The van der Waals surface area contributed by atoms with Gasteiger partial charge >= 0.3 is 0 Å². The maximum Gasteiger partial charge on any atom is 0.0791 e. The fraction of sp³-hybridized carbons (Fsp3) is 1.00. The molecule has 2 aliphatic rings. The molecule has 0 aromatic carbocycles. The van der Waals surface area contributed by atoms with Gasteiger partial charge < -0.3 is 15.2 Å². The molecule has 2 saturated heterocycles. The Labute approximate surface area is 116 Å². The molecule has 0 aliphatic carbocycles. The van der Waals surface area contributed by atoms with Gasteiger partial charge in [0.25, 0.3) is 0 Å². The molecule has 2 N–H and O–H groups in total. The lowest BCUT2D eigenvalue weighted by atomic mass is 9.99. The molecule has 0 amide bonds. The van der Waals surface area contributed by atoms with Crippen molar-refractivity contribution in [3.05, 3.63) is 0 Å². The number of β-amino-alcohol motifs (C(OH)–C–C–N with tert-alkyl or cyclic N) is 1. The first-order chi connectivity index (χ1) is 9.29. The summed E-state index contributed by atoms with van der Waals surface area (Å²) >= 11 is 0. The largest absolute Gasteiger partial charge is 0.390 e. The Bertz CT molecular complexity index is 253. The Morgan fingerprint density at radius 2 is 2.21 bits per heavy atom. The third-order valence-corrected chi connectivity index (χ3v) is 4.25. The van der Waals surface area contributed by atoms with Crippen LogP contribution in [0.5, 0.6) is 0 Å². The van der Waals surface area contributed by atoms with Gasteiger partial charge in [0.1, 0.15) is 0 Å². The second kappa shape index (κ2) is 8.17. The quantitative estimate of drug-likeness (QED) is 0.626. The molecular formula is C14H29N3O2. The molecule has 0 saturated carbocycles. The number of nitrogens with one attached hydrogen (secondary N) is 1. The molecular weight excluding hydrogens is 242 g/mol. The molecule has 2 aliphatic heterocycles. The first-order valence-corrected chi connectivity index (χ1v) is 7.63. The molecule has 2 heterocycles. The van der Waals surface area contributed by atoms with E-state index in [1.807, 2.05) is 0 Å². The van der Waals surface area contributed by atoms with Gasteiger partial charge in [-0.15, -0.1) is 0 Å². The van der Waals surface area contributed by atoms with Gasteiger partial charge in [-0.25, -0.2) is 0 Å². The monoisotopic (exact) mass is 271 g/mol. The fourth-order valence-electron chi connectivity index (χ4n) is 3.19. The highest BCUT2D eigenvalue weighted by Crippen LogP contribution is 2.20. The van der Waals surface area contributed by atoms with Gasteiger partial charge in [-0.3, -0.25) is 9.80 Å². The van der Waals surface area contributed by atoms with Crippen LogP contribution in [-0.2, 0) is 4.74 Å². The third-order valence-electron chi connectivity index (χ3n) is 4.25. The number of nitrogens with zero attached hydrogens (tertiary/aromatic N) is 2. The SMILES string of the molecule is COCCNCC(O)CN1CCN2CCCCC2C1. The molecule has 2 fully saturated rings. The average Bonchev–Trinajstić information content (AvgIpc) is 2.43. The Balaban J connectivity index is 1.62. The van der Waals surface area contributed by atoms with E-state index >= 15 is 0 Å². The van der Waals surface area contributed by atoms with Crippen molar-refractivity contribution in [1.82, 2.24) is 15.1 Å². The normalized spacial score (nSPS) is 27.2. The van der Waals surface area contributed by atoms with Crippen molar-refractivity contribution in [1.29, 1.82) is 0 Å². The van der Waals surface area contributed by atoms with E-state index in [2.05, 4.69) is 15.1 Å². The van der Waals surface area contributed by atoms with E-state index in [0.717, 1.165) is 32.2 Å². The second-order valence-electron chi connectivity index (χ2n) is 5.80. The summed E-state index contributed by atoms with van der Waals surface area (Å²) in [5.41, 5.74) is 0. The number of ether oxygens (including phenoxy) is 1. The second-order valence-corrected chi connectivity index (χ2v) is 5.80. The summed E-state index contributed by atoms with van der Waals surface area (Å²) in [6.07, 6.45) is 3.80. The Morgan fingerprint density at radius 3 is 3.05 bits per heavy atom. The zero-order valence-corrected chi connectivity index (χ0v) is 12.2. The van der Waals surface area contributed by atoms with Crippen LogP contribution in [-0.4, -0.2) is 86.6 Å². The van der Waals surface area contributed by atoms with Crippen molar-refractivity contribution >= 4 is 0 Å². The Hall–Kier alpha value is -0.200. The van der Waals surface area contributed by atoms with Gasteiger partial charge in [0.15, 0.2) is 0 Å². The molecule has 0 bridgehead atoms. The predicted octanol–water partition coefficient (Wildman–Crippen LogP) is -0.247. The van der Waals surface area contributed by atoms with Crippen LogP contribution in [0.2, 0.25) is 0 Å². The van der Waals surface area contributed by atoms with Gasteiger partial charge in [0.2, 0.25) is 0 Å². The Kier molecular flexibility index (Phi) is 6.53. The zero-order chi connectivity index (χ0) is 13.5. The summed E-state index contributed by atoms with van der Waals surface area (Å²) in [6.45, 7) is 7.66. The number of aliphatic hydroxyl groups is 1. The van der Waals surface area contributed by atoms with E-state index in [4.69, 9.17) is 4.74 Å². The van der Waals surface area contributed by atoms with Crippen molar-refractivity contribution in [2.45, 2.75) is 31.4 Å². The Morgan fingerprint density at radius 1 is 1.32 bits per heavy atom. The molecule has 19 heavy (non-hydrogen) atoms. The van der Waals surface area contributed by atoms with Crippen LogP contribution in [0.1, 0.15) is 19.3 Å². The van der Waals surface area contributed by atoms with E-state index in [0.29, 0.717) is 13.2 Å².